The third-order valence-corrected chi connectivity index (χ3v) is 4.68. The van der Waals surface area contributed by atoms with Crippen LogP contribution in [0, 0.1) is 0 Å². The van der Waals surface area contributed by atoms with E-state index in [1.807, 2.05) is 18.2 Å². The second-order valence-electron chi connectivity index (χ2n) is 4.99. The van der Waals surface area contributed by atoms with E-state index in [1.165, 1.54) is 0 Å². The van der Waals surface area contributed by atoms with Crippen molar-refractivity contribution in [3.05, 3.63) is 28.6 Å². The fraction of sp³-hybridized carbons (Fsp3) is 0.500. The predicted molar refractivity (Wildman–Crippen MR) is 75.8 cm³/mol. The molecular formula is C14H17BrN2O. The van der Waals surface area contributed by atoms with Gasteiger partial charge in [0.25, 0.3) is 0 Å². The van der Waals surface area contributed by atoms with Crippen LogP contribution in [-0.2, 0) is 5.41 Å². The molecule has 1 aromatic carbocycles. The molecule has 0 radical (unpaired) electrons. The Morgan fingerprint density at radius 3 is 2.83 bits per heavy atom. The molecule has 0 spiro atoms. The minimum atomic E-state index is 0.115. The number of oxazole rings is 1. The molecule has 4 heteroatoms. The molecule has 1 N–H and O–H groups in total. The van der Waals surface area contributed by atoms with Crippen molar-refractivity contribution >= 4 is 27.0 Å². The molecule has 1 aromatic heterocycles. The zero-order chi connectivity index (χ0) is 12.6. The maximum atomic E-state index is 6.05. The molecule has 2 heterocycles. The van der Waals surface area contributed by atoms with Gasteiger partial charge in [0.05, 0.1) is 4.47 Å². The molecule has 2 aromatic rings. The van der Waals surface area contributed by atoms with Crippen molar-refractivity contribution in [1.82, 2.24) is 10.3 Å². The van der Waals surface area contributed by atoms with Gasteiger partial charge in [0.15, 0.2) is 5.58 Å². The molecule has 1 fully saturated rings. The highest BCUT2D eigenvalue weighted by atomic mass is 79.9. The van der Waals surface area contributed by atoms with Gasteiger partial charge < -0.3 is 9.73 Å². The second-order valence-corrected chi connectivity index (χ2v) is 5.85. The van der Waals surface area contributed by atoms with Crippen LogP contribution in [0.1, 0.15) is 32.1 Å². The number of rotatable bonds is 2. The third-order valence-electron chi connectivity index (χ3n) is 4.06. The molecule has 3 rings (SSSR count). The predicted octanol–water partition coefficient (Wildman–Crippen LogP) is 3.62. The molecule has 18 heavy (non-hydrogen) atoms. The summed E-state index contributed by atoms with van der Waals surface area (Å²) in [6, 6.07) is 6.01. The monoisotopic (exact) mass is 308 g/mol. The molecule has 0 aliphatic carbocycles. The van der Waals surface area contributed by atoms with Crippen LogP contribution in [0.4, 0.5) is 0 Å². The van der Waals surface area contributed by atoms with Gasteiger partial charge in [-0.05, 0) is 60.4 Å². The Labute approximate surface area is 115 Å². The Morgan fingerprint density at radius 2 is 2.17 bits per heavy atom. The summed E-state index contributed by atoms with van der Waals surface area (Å²) in [4.78, 5) is 4.72. The highest BCUT2D eigenvalue weighted by Gasteiger charge is 2.37. The number of aromatic nitrogens is 1. The molecule has 0 saturated carbocycles. The third kappa shape index (κ3) is 1.88. The van der Waals surface area contributed by atoms with Gasteiger partial charge in [-0.2, -0.15) is 0 Å². The molecule has 1 aliphatic heterocycles. The van der Waals surface area contributed by atoms with Gasteiger partial charge in [0, 0.05) is 5.41 Å². The fourth-order valence-electron chi connectivity index (χ4n) is 2.77. The lowest BCUT2D eigenvalue weighted by Gasteiger charge is -2.33. The Kier molecular flexibility index (Phi) is 3.16. The number of hydrogen-bond acceptors (Lipinski definition) is 3. The van der Waals surface area contributed by atoms with Crippen molar-refractivity contribution in [2.75, 3.05) is 13.1 Å². The first-order valence-corrected chi connectivity index (χ1v) is 7.31. The Morgan fingerprint density at radius 1 is 1.39 bits per heavy atom. The summed E-state index contributed by atoms with van der Waals surface area (Å²) in [5, 5.41) is 3.41. The van der Waals surface area contributed by atoms with Gasteiger partial charge in [-0.15, -0.1) is 0 Å². The van der Waals surface area contributed by atoms with Crippen molar-refractivity contribution in [2.45, 2.75) is 31.6 Å². The fourth-order valence-corrected chi connectivity index (χ4v) is 3.20. The van der Waals surface area contributed by atoms with Gasteiger partial charge in [-0.3, -0.25) is 0 Å². The van der Waals surface area contributed by atoms with Crippen molar-refractivity contribution < 1.29 is 4.42 Å². The SMILES string of the molecule is CCC1(c2nc3cccc(Br)c3o2)CCNCC1. The summed E-state index contributed by atoms with van der Waals surface area (Å²) >= 11 is 3.53. The Balaban J connectivity index is 2.09. The molecule has 1 aliphatic rings. The van der Waals surface area contributed by atoms with Crippen LogP contribution in [-0.4, -0.2) is 18.1 Å². The Bertz CT molecular complexity index is 558. The number of hydrogen-bond donors (Lipinski definition) is 1. The van der Waals surface area contributed by atoms with Crippen molar-refractivity contribution in [2.24, 2.45) is 0 Å². The Hall–Kier alpha value is -0.870. The lowest BCUT2D eigenvalue weighted by molar-refractivity contribution is 0.243. The van der Waals surface area contributed by atoms with Crippen LogP contribution in [0.25, 0.3) is 11.1 Å². The number of nitrogens with one attached hydrogen (secondary N) is 1. The van der Waals surface area contributed by atoms with Crippen LogP contribution < -0.4 is 5.32 Å². The quantitative estimate of drug-likeness (QED) is 0.921. The van der Waals surface area contributed by atoms with E-state index in [1.54, 1.807) is 0 Å². The van der Waals surface area contributed by atoms with E-state index >= 15 is 0 Å². The lowest BCUT2D eigenvalue weighted by Crippen LogP contribution is -2.39. The number of nitrogens with zero attached hydrogens (tertiary/aromatic N) is 1. The highest BCUT2D eigenvalue weighted by molar-refractivity contribution is 9.10. The summed E-state index contributed by atoms with van der Waals surface area (Å²) < 4.78 is 7.03. The van der Waals surface area contributed by atoms with Crippen molar-refractivity contribution in [3.63, 3.8) is 0 Å². The van der Waals surface area contributed by atoms with E-state index in [9.17, 15) is 0 Å². The summed E-state index contributed by atoms with van der Waals surface area (Å²) in [6.07, 6.45) is 3.29. The van der Waals surface area contributed by atoms with E-state index in [2.05, 4.69) is 28.2 Å². The van der Waals surface area contributed by atoms with Gasteiger partial charge in [0.1, 0.15) is 5.52 Å². The van der Waals surface area contributed by atoms with E-state index in [0.29, 0.717) is 0 Å². The van der Waals surface area contributed by atoms with Crippen LogP contribution in [0.15, 0.2) is 27.1 Å². The number of piperidine rings is 1. The van der Waals surface area contributed by atoms with Crippen molar-refractivity contribution in [1.29, 1.82) is 0 Å². The highest BCUT2D eigenvalue weighted by Crippen LogP contribution is 2.38. The van der Waals surface area contributed by atoms with Crippen LogP contribution in [0.3, 0.4) is 0 Å². The zero-order valence-electron chi connectivity index (χ0n) is 10.5. The van der Waals surface area contributed by atoms with E-state index in [0.717, 1.165) is 53.8 Å². The minimum absolute atomic E-state index is 0.115. The maximum Gasteiger partial charge on any atom is 0.201 e. The second kappa shape index (κ2) is 4.67. The van der Waals surface area contributed by atoms with Gasteiger partial charge >= 0.3 is 0 Å². The molecule has 0 bridgehead atoms. The zero-order valence-corrected chi connectivity index (χ0v) is 12.1. The molecular weight excluding hydrogens is 292 g/mol. The molecule has 1 saturated heterocycles. The average Bonchev–Trinajstić information content (AvgIpc) is 2.85. The van der Waals surface area contributed by atoms with E-state index < -0.39 is 0 Å². The standard InChI is InChI=1S/C14H17BrN2O/c1-2-14(6-8-16-9-7-14)13-17-11-5-3-4-10(15)12(11)18-13/h3-5,16H,2,6-9H2,1H3. The topological polar surface area (TPSA) is 38.1 Å². The summed E-state index contributed by atoms with van der Waals surface area (Å²) in [7, 11) is 0. The number of halogens is 1. The summed E-state index contributed by atoms with van der Waals surface area (Å²) in [5.74, 6) is 0.911. The molecule has 96 valence electrons. The van der Waals surface area contributed by atoms with Crippen LogP contribution in [0.5, 0.6) is 0 Å². The first kappa shape index (κ1) is 12.2. The minimum Gasteiger partial charge on any atom is -0.439 e. The first-order valence-electron chi connectivity index (χ1n) is 6.51. The number of benzene rings is 1. The lowest BCUT2D eigenvalue weighted by atomic mass is 9.76. The van der Waals surface area contributed by atoms with Gasteiger partial charge in [-0.1, -0.05) is 13.0 Å². The average molecular weight is 309 g/mol. The molecule has 0 amide bonds. The van der Waals surface area contributed by atoms with Crippen LogP contribution in [0.2, 0.25) is 0 Å². The maximum absolute atomic E-state index is 6.05. The number of para-hydroxylation sites is 1. The molecule has 3 nitrogen and oxygen atoms in total. The summed E-state index contributed by atoms with van der Waals surface area (Å²) in [5.41, 5.74) is 1.94. The van der Waals surface area contributed by atoms with E-state index in [4.69, 9.17) is 9.40 Å². The molecule has 0 unspecified atom stereocenters. The van der Waals surface area contributed by atoms with Gasteiger partial charge in [-0.25, -0.2) is 4.98 Å². The smallest absolute Gasteiger partial charge is 0.201 e. The summed E-state index contributed by atoms with van der Waals surface area (Å²) in [6.45, 7) is 4.33. The molecule has 0 atom stereocenters. The van der Waals surface area contributed by atoms with Gasteiger partial charge in [0.2, 0.25) is 5.89 Å². The van der Waals surface area contributed by atoms with Crippen LogP contribution >= 0.6 is 15.9 Å². The van der Waals surface area contributed by atoms with Crippen molar-refractivity contribution in [3.8, 4) is 0 Å². The first-order chi connectivity index (χ1) is 8.75. The number of fused-ring (bicyclic) bond motifs is 1. The normalized spacial score (nSPS) is 19.2. The van der Waals surface area contributed by atoms with E-state index in [-0.39, 0.29) is 5.41 Å². The largest absolute Gasteiger partial charge is 0.439 e.